The number of carbonyl (C=O) groups is 3. The lowest BCUT2D eigenvalue weighted by molar-refractivity contribution is -0.144. The minimum Gasteiger partial charge on any atom is -0.488 e. The van der Waals surface area contributed by atoms with Crippen molar-refractivity contribution in [3.05, 3.63) is 59.0 Å². The van der Waals surface area contributed by atoms with Gasteiger partial charge in [-0.15, -0.1) is 11.3 Å². The Kier molecular flexibility index (Phi) is 13.6. The van der Waals surface area contributed by atoms with Crippen molar-refractivity contribution in [1.29, 1.82) is 0 Å². The van der Waals surface area contributed by atoms with E-state index in [9.17, 15) is 23.9 Å². The number of anilines is 1. The summed E-state index contributed by atoms with van der Waals surface area (Å²) in [6.45, 7) is 12.6. The first kappa shape index (κ1) is 41.5. The number of thiazole rings is 2. The average Bonchev–Trinajstić information content (AvgIpc) is 3.92. The van der Waals surface area contributed by atoms with Crippen molar-refractivity contribution in [3.63, 3.8) is 0 Å². The van der Waals surface area contributed by atoms with Gasteiger partial charge in [-0.3, -0.25) is 14.4 Å². The number of morpholine rings is 1. The zero-order chi connectivity index (χ0) is 40.0. The first-order chi connectivity index (χ1) is 26.8. The monoisotopic (exact) mass is 808 g/mol. The first-order valence-electron chi connectivity index (χ1n) is 19.4. The van der Waals surface area contributed by atoms with Crippen LogP contribution in [0.4, 0.5) is 9.52 Å². The SMILES string of the molecule is Cc1ncsc1-c1ccc(C(C)NC(=O)[C@@H]2C[C@@H](O)CN2C(=O)C(NC(=O)CCCCCCOc2c(F)ccc3sc(N4CCOCC4)nc23)C(C)(C)C)cc1. The second-order valence-electron chi connectivity index (χ2n) is 15.7. The van der Waals surface area contributed by atoms with Crippen LogP contribution in [0.2, 0.25) is 0 Å². The van der Waals surface area contributed by atoms with E-state index in [0.29, 0.717) is 38.2 Å². The van der Waals surface area contributed by atoms with Gasteiger partial charge in [0.25, 0.3) is 0 Å². The third-order valence-corrected chi connectivity index (χ3v) is 12.4. The second kappa shape index (κ2) is 18.4. The van der Waals surface area contributed by atoms with E-state index in [4.69, 9.17) is 14.5 Å². The smallest absolute Gasteiger partial charge is 0.246 e. The van der Waals surface area contributed by atoms with Gasteiger partial charge >= 0.3 is 0 Å². The maximum atomic E-state index is 14.8. The van der Waals surface area contributed by atoms with E-state index in [2.05, 4.69) is 20.5 Å². The van der Waals surface area contributed by atoms with Gasteiger partial charge in [-0.05, 0) is 55.4 Å². The van der Waals surface area contributed by atoms with Gasteiger partial charge < -0.3 is 35.0 Å². The number of hydrogen-bond acceptors (Lipinski definition) is 11. The molecule has 0 saturated carbocycles. The molecule has 3 N–H and O–H groups in total. The lowest BCUT2D eigenvalue weighted by Gasteiger charge is -2.35. The van der Waals surface area contributed by atoms with E-state index >= 15 is 0 Å². The molecule has 6 rings (SSSR count). The van der Waals surface area contributed by atoms with Gasteiger partial charge in [0, 0.05) is 32.5 Å². The largest absolute Gasteiger partial charge is 0.488 e. The number of carbonyl (C=O) groups excluding carboxylic acids is 3. The summed E-state index contributed by atoms with van der Waals surface area (Å²) in [4.78, 5) is 54.5. The molecule has 2 aliphatic heterocycles. The number of halogens is 1. The Hall–Kier alpha value is -4.18. The Morgan fingerprint density at radius 2 is 1.79 bits per heavy atom. The topological polar surface area (TPSA) is 146 Å². The molecule has 0 bridgehead atoms. The number of unbranched alkanes of at least 4 members (excludes halogenated alkanes) is 3. The second-order valence-corrected chi connectivity index (χ2v) is 17.6. The number of hydrogen-bond donors (Lipinski definition) is 3. The lowest BCUT2D eigenvalue weighted by atomic mass is 9.85. The van der Waals surface area contributed by atoms with Crippen molar-refractivity contribution in [1.82, 2.24) is 25.5 Å². The van der Waals surface area contributed by atoms with Crippen molar-refractivity contribution in [2.45, 2.75) is 97.4 Å². The van der Waals surface area contributed by atoms with Crippen LogP contribution in [0.5, 0.6) is 5.75 Å². The van der Waals surface area contributed by atoms with Gasteiger partial charge in [-0.2, -0.15) is 0 Å². The van der Waals surface area contributed by atoms with Crippen LogP contribution in [0.1, 0.15) is 83.5 Å². The Bertz CT molecular complexity index is 1970. The van der Waals surface area contributed by atoms with Crippen LogP contribution in [-0.2, 0) is 19.1 Å². The highest BCUT2D eigenvalue weighted by Gasteiger charge is 2.44. The molecule has 56 heavy (non-hydrogen) atoms. The van der Waals surface area contributed by atoms with Crippen LogP contribution >= 0.6 is 22.7 Å². The minimum atomic E-state index is -0.892. The molecular formula is C41H53FN6O6S2. The number of β-amino-alcohol motifs (C(OH)–C–C–N with tert-alkyl or cyclic N) is 1. The summed E-state index contributed by atoms with van der Waals surface area (Å²) in [5.74, 6) is -1.27. The number of aliphatic hydroxyl groups is 1. The molecule has 0 radical (unpaired) electrons. The number of aliphatic hydroxyl groups excluding tert-OH is 1. The van der Waals surface area contributed by atoms with Crippen molar-refractivity contribution >= 4 is 55.7 Å². The van der Waals surface area contributed by atoms with Gasteiger partial charge in [-0.1, -0.05) is 69.2 Å². The molecule has 3 amide bonds. The highest BCUT2D eigenvalue weighted by Crippen LogP contribution is 2.36. The summed E-state index contributed by atoms with van der Waals surface area (Å²) in [5, 5.41) is 17.4. The highest BCUT2D eigenvalue weighted by atomic mass is 32.1. The number of nitrogens with zero attached hydrogens (tertiary/aromatic N) is 4. The number of ether oxygens (including phenoxy) is 2. The zero-order valence-corrected chi connectivity index (χ0v) is 34.4. The fourth-order valence-electron chi connectivity index (χ4n) is 7.12. The Morgan fingerprint density at radius 3 is 2.48 bits per heavy atom. The molecular weight excluding hydrogens is 756 g/mol. The predicted molar refractivity (Wildman–Crippen MR) is 218 cm³/mol. The highest BCUT2D eigenvalue weighted by molar-refractivity contribution is 7.22. The molecule has 2 fully saturated rings. The fourth-order valence-corrected chi connectivity index (χ4v) is 8.95. The van der Waals surface area contributed by atoms with Crippen LogP contribution in [0.25, 0.3) is 20.7 Å². The van der Waals surface area contributed by atoms with Gasteiger partial charge in [0.2, 0.25) is 17.7 Å². The number of likely N-dealkylation sites (tertiary alicyclic amines) is 1. The molecule has 2 saturated heterocycles. The lowest BCUT2D eigenvalue weighted by Crippen LogP contribution is -2.57. The summed E-state index contributed by atoms with van der Waals surface area (Å²) >= 11 is 3.10. The third-order valence-electron chi connectivity index (χ3n) is 10.3. The third kappa shape index (κ3) is 10.0. The van der Waals surface area contributed by atoms with Crippen LogP contribution in [-0.4, -0.2) is 95.3 Å². The maximum Gasteiger partial charge on any atom is 0.246 e. The Morgan fingerprint density at radius 1 is 1.05 bits per heavy atom. The van der Waals surface area contributed by atoms with Gasteiger partial charge in [0.15, 0.2) is 16.7 Å². The summed E-state index contributed by atoms with van der Waals surface area (Å²) in [6, 6.07) is 9.02. The Balaban J connectivity index is 0.964. The van der Waals surface area contributed by atoms with Crippen molar-refractivity contribution in [3.8, 4) is 16.2 Å². The number of benzene rings is 2. The molecule has 4 heterocycles. The van der Waals surface area contributed by atoms with Gasteiger partial charge in [-0.25, -0.2) is 14.4 Å². The van der Waals surface area contributed by atoms with E-state index in [1.165, 1.54) is 22.3 Å². The fraction of sp³-hybridized carbons (Fsp3) is 0.537. The van der Waals surface area contributed by atoms with E-state index in [1.807, 2.05) is 64.4 Å². The number of aryl methyl sites for hydroxylation is 1. The molecule has 12 nitrogen and oxygen atoms in total. The van der Waals surface area contributed by atoms with Crippen molar-refractivity contribution in [2.24, 2.45) is 5.41 Å². The Labute approximate surface area is 335 Å². The summed E-state index contributed by atoms with van der Waals surface area (Å²) < 4.78 is 27.0. The summed E-state index contributed by atoms with van der Waals surface area (Å²) in [5.41, 5.74) is 4.64. The molecule has 4 aromatic rings. The van der Waals surface area contributed by atoms with Crippen LogP contribution in [0.15, 0.2) is 41.9 Å². The standard InChI is InChI=1S/C41H53FN6O6S2/c1-25(27-11-13-28(14-12-27)36-26(2)43-24-55-36)44-38(51)31-22-29(49)23-48(31)39(52)37(41(3,4)5)45-33(50)10-8-6-7-9-19-54-35-30(42)15-16-32-34(35)46-40(56-32)47-17-20-53-21-18-47/h11-16,24-25,29,31,37,49H,6-10,17-23H2,1-5H3,(H,44,51)(H,45,50)/t25?,29-,31+,37?/m1/s1. The zero-order valence-electron chi connectivity index (χ0n) is 32.8. The quantitative estimate of drug-likeness (QED) is 0.116. The number of aromatic nitrogens is 2. The predicted octanol–water partition coefficient (Wildman–Crippen LogP) is 6.40. The first-order valence-corrected chi connectivity index (χ1v) is 21.1. The average molecular weight is 809 g/mol. The van der Waals surface area contributed by atoms with Crippen LogP contribution < -0.4 is 20.3 Å². The normalized spacial score (nSPS) is 18.6. The molecule has 15 heteroatoms. The number of fused-ring (bicyclic) bond motifs is 1. The minimum absolute atomic E-state index is 0.00856. The maximum absolute atomic E-state index is 14.8. The molecule has 0 spiro atoms. The molecule has 2 aliphatic rings. The molecule has 302 valence electrons. The molecule has 2 aromatic carbocycles. The van der Waals surface area contributed by atoms with E-state index in [0.717, 1.165) is 57.5 Å². The van der Waals surface area contributed by atoms with E-state index < -0.39 is 35.3 Å². The molecule has 4 atom stereocenters. The van der Waals surface area contributed by atoms with E-state index in [-0.39, 0.29) is 43.0 Å². The van der Waals surface area contributed by atoms with Crippen molar-refractivity contribution < 1.29 is 33.4 Å². The van der Waals surface area contributed by atoms with Crippen molar-refractivity contribution in [2.75, 3.05) is 44.4 Å². The molecule has 2 unspecified atom stereocenters. The van der Waals surface area contributed by atoms with Crippen LogP contribution in [0, 0.1) is 18.2 Å². The molecule has 2 aromatic heterocycles. The summed E-state index contributed by atoms with van der Waals surface area (Å²) in [7, 11) is 0. The van der Waals surface area contributed by atoms with Gasteiger partial charge in [0.05, 0.1) is 52.7 Å². The van der Waals surface area contributed by atoms with Crippen LogP contribution in [0.3, 0.4) is 0 Å². The summed E-state index contributed by atoms with van der Waals surface area (Å²) in [6.07, 6.45) is 2.30. The van der Waals surface area contributed by atoms with Gasteiger partial charge in [0.1, 0.15) is 17.6 Å². The number of nitrogens with one attached hydrogen (secondary N) is 2. The number of rotatable bonds is 15. The number of amides is 3. The molecule has 0 aliphatic carbocycles. The van der Waals surface area contributed by atoms with E-state index in [1.54, 1.807) is 17.4 Å².